The van der Waals surface area contributed by atoms with Gasteiger partial charge in [0, 0.05) is 18.3 Å². The molecule has 2 aliphatic rings. The summed E-state index contributed by atoms with van der Waals surface area (Å²) in [6.45, 7) is 0.658. The first-order chi connectivity index (χ1) is 19.4. The molecule has 3 aromatic rings. The number of aromatic nitrogens is 1. The van der Waals surface area contributed by atoms with Gasteiger partial charge in [0.25, 0.3) is 5.91 Å². The highest BCUT2D eigenvalue weighted by Gasteiger charge is 2.39. The van der Waals surface area contributed by atoms with Crippen LogP contribution < -0.4 is 14.4 Å². The third-order valence-corrected chi connectivity index (χ3v) is 8.91. The Balaban J connectivity index is 1.48. The maximum atomic E-state index is 13.8. The smallest absolute Gasteiger partial charge is 0.261 e. The zero-order valence-electron chi connectivity index (χ0n) is 21.6. The highest BCUT2D eigenvalue weighted by atomic mass is 32.2. The van der Waals surface area contributed by atoms with E-state index in [9.17, 15) is 23.7 Å². The molecule has 11 heteroatoms. The molecule has 2 aliphatic heterocycles. The predicted molar refractivity (Wildman–Crippen MR) is 145 cm³/mol. The standard InChI is InChI=1S/C29H25N5O5S/c1-38-23-8-6-20(7-9-23)18-33-27-11-10-25(14-26(27)28(29(33)35)21(15-30)16-31)40(36,37)34-13-3-4-22(34)19-39-24-5-2-12-32-17-24/h2,5-12,14,17,22H,3-4,13,18-19H2,1H3/t22-/m0/s1. The number of carbonyl (C=O) groups is 1. The van der Waals surface area contributed by atoms with Crippen LogP contribution in [0.3, 0.4) is 0 Å². The minimum Gasteiger partial charge on any atom is -0.497 e. The summed E-state index contributed by atoms with van der Waals surface area (Å²) in [5.41, 5.74) is 0.975. The minimum absolute atomic E-state index is 0.0219. The van der Waals surface area contributed by atoms with Crippen molar-refractivity contribution in [1.29, 1.82) is 10.5 Å². The number of allylic oxidation sites excluding steroid dienone is 1. The number of pyridine rings is 1. The minimum atomic E-state index is -3.97. The van der Waals surface area contributed by atoms with Gasteiger partial charge in [0.2, 0.25) is 10.0 Å². The van der Waals surface area contributed by atoms with E-state index in [1.165, 1.54) is 21.3 Å². The van der Waals surface area contributed by atoms with E-state index >= 15 is 0 Å². The van der Waals surface area contributed by atoms with Crippen molar-refractivity contribution in [2.75, 3.05) is 25.2 Å². The number of rotatable bonds is 8. The summed E-state index contributed by atoms with van der Waals surface area (Å²) in [5.74, 6) is 0.673. The Labute approximate surface area is 232 Å². The van der Waals surface area contributed by atoms with Gasteiger partial charge in [-0.2, -0.15) is 14.8 Å². The second kappa shape index (κ2) is 11.2. The molecule has 0 saturated carbocycles. The van der Waals surface area contributed by atoms with E-state index in [0.717, 1.165) is 5.56 Å². The number of hydrogen-bond acceptors (Lipinski definition) is 8. The normalized spacial score (nSPS) is 16.8. The molecule has 40 heavy (non-hydrogen) atoms. The highest BCUT2D eigenvalue weighted by Crippen LogP contribution is 2.41. The van der Waals surface area contributed by atoms with Crippen molar-refractivity contribution < 1.29 is 22.7 Å². The average molecular weight is 556 g/mol. The number of nitrogens with zero attached hydrogens (tertiary/aromatic N) is 5. The van der Waals surface area contributed by atoms with Crippen molar-refractivity contribution in [1.82, 2.24) is 9.29 Å². The number of ether oxygens (including phenoxy) is 2. The predicted octanol–water partition coefficient (Wildman–Crippen LogP) is 3.67. The van der Waals surface area contributed by atoms with Crippen LogP contribution in [0.25, 0.3) is 5.57 Å². The van der Waals surface area contributed by atoms with Crippen LogP contribution in [0.1, 0.15) is 24.0 Å². The molecule has 202 valence electrons. The number of nitriles is 2. The molecule has 0 unspecified atom stereocenters. The highest BCUT2D eigenvalue weighted by molar-refractivity contribution is 7.89. The molecular formula is C29H25N5O5S. The largest absolute Gasteiger partial charge is 0.497 e. The lowest BCUT2D eigenvalue weighted by atomic mass is 10.0. The average Bonchev–Trinajstić information content (AvgIpc) is 3.57. The van der Waals surface area contributed by atoms with Gasteiger partial charge >= 0.3 is 0 Å². The lowest BCUT2D eigenvalue weighted by Crippen LogP contribution is -2.39. The van der Waals surface area contributed by atoms with Crippen LogP contribution >= 0.6 is 0 Å². The van der Waals surface area contributed by atoms with Crippen molar-refractivity contribution in [3.05, 3.63) is 83.7 Å². The van der Waals surface area contributed by atoms with Gasteiger partial charge in [0.1, 0.15) is 35.8 Å². The van der Waals surface area contributed by atoms with Crippen molar-refractivity contribution in [3.8, 4) is 23.6 Å². The molecule has 0 spiro atoms. The number of methoxy groups -OCH3 is 1. The molecule has 1 fully saturated rings. The SMILES string of the molecule is COc1ccc(CN2C(=O)C(=C(C#N)C#N)c3cc(S(=O)(=O)N4CCC[C@H]4COc4cccnc4)ccc32)cc1. The molecule has 1 saturated heterocycles. The fraction of sp³-hybridized carbons (Fsp3) is 0.241. The van der Waals surface area contributed by atoms with Gasteiger partial charge < -0.3 is 14.4 Å². The van der Waals surface area contributed by atoms with Gasteiger partial charge in [0.15, 0.2) is 0 Å². The molecule has 1 aromatic heterocycles. The summed E-state index contributed by atoms with van der Waals surface area (Å²) in [6, 6.07) is 18.3. The number of sulfonamides is 1. The molecule has 5 rings (SSSR count). The molecule has 1 amide bonds. The Bertz CT molecular complexity index is 1640. The second-order valence-corrected chi connectivity index (χ2v) is 11.2. The van der Waals surface area contributed by atoms with E-state index in [-0.39, 0.29) is 40.8 Å². The lowest BCUT2D eigenvalue weighted by Gasteiger charge is -2.24. The quantitative estimate of drug-likeness (QED) is 0.303. The monoisotopic (exact) mass is 555 g/mol. The van der Waals surface area contributed by atoms with E-state index in [2.05, 4.69) is 4.98 Å². The Morgan fingerprint density at radius 2 is 1.88 bits per heavy atom. The van der Waals surface area contributed by atoms with Crippen LogP contribution in [0.15, 0.2) is 77.5 Å². The summed E-state index contributed by atoms with van der Waals surface area (Å²) in [5, 5.41) is 19.2. The first-order valence-electron chi connectivity index (χ1n) is 12.6. The fourth-order valence-corrected chi connectivity index (χ4v) is 6.68. The number of carbonyl (C=O) groups excluding carboxylic acids is 1. The topological polar surface area (TPSA) is 137 Å². The van der Waals surface area contributed by atoms with Crippen LogP contribution in [0, 0.1) is 22.7 Å². The maximum absolute atomic E-state index is 13.8. The summed E-state index contributed by atoms with van der Waals surface area (Å²) in [7, 11) is -2.42. The summed E-state index contributed by atoms with van der Waals surface area (Å²) in [4.78, 5) is 18.9. The van der Waals surface area contributed by atoms with Gasteiger partial charge in [-0.1, -0.05) is 12.1 Å². The first-order valence-corrected chi connectivity index (χ1v) is 14.0. The van der Waals surface area contributed by atoms with Crippen molar-refractivity contribution in [2.24, 2.45) is 0 Å². The van der Waals surface area contributed by atoms with Crippen LogP contribution in [0.5, 0.6) is 11.5 Å². The van der Waals surface area contributed by atoms with Gasteiger partial charge in [-0.05, 0) is 60.9 Å². The first kappa shape index (κ1) is 26.9. The van der Waals surface area contributed by atoms with Crippen LogP contribution in [-0.4, -0.2) is 49.9 Å². The zero-order chi connectivity index (χ0) is 28.3. The van der Waals surface area contributed by atoms with Gasteiger partial charge in [-0.25, -0.2) is 8.42 Å². The second-order valence-electron chi connectivity index (χ2n) is 9.30. The number of benzene rings is 2. The maximum Gasteiger partial charge on any atom is 0.261 e. The Hall–Kier alpha value is -4.71. The fourth-order valence-electron chi connectivity index (χ4n) is 4.97. The van der Waals surface area contributed by atoms with Gasteiger partial charge in [-0.3, -0.25) is 9.78 Å². The molecule has 3 heterocycles. The lowest BCUT2D eigenvalue weighted by molar-refractivity contribution is -0.113. The number of fused-ring (bicyclic) bond motifs is 1. The van der Waals surface area contributed by atoms with E-state index in [0.29, 0.717) is 36.6 Å². The molecule has 0 aliphatic carbocycles. The third kappa shape index (κ3) is 5.00. The summed E-state index contributed by atoms with van der Waals surface area (Å²) in [6.07, 6.45) is 4.51. The Kier molecular flexibility index (Phi) is 7.52. The molecular weight excluding hydrogens is 530 g/mol. The van der Waals surface area contributed by atoms with E-state index in [4.69, 9.17) is 9.47 Å². The Morgan fingerprint density at radius 1 is 1.10 bits per heavy atom. The summed E-state index contributed by atoms with van der Waals surface area (Å²) >= 11 is 0. The van der Waals surface area contributed by atoms with Crippen LogP contribution in [0.4, 0.5) is 5.69 Å². The number of anilines is 1. The number of amides is 1. The molecule has 2 aromatic carbocycles. The van der Waals surface area contributed by atoms with E-state index in [1.54, 1.807) is 62.0 Å². The molecule has 0 bridgehead atoms. The Morgan fingerprint density at radius 3 is 2.55 bits per heavy atom. The zero-order valence-corrected chi connectivity index (χ0v) is 22.5. The molecule has 10 nitrogen and oxygen atoms in total. The molecule has 0 radical (unpaired) electrons. The van der Waals surface area contributed by atoms with E-state index in [1.807, 2.05) is 12.1 Å². The number of hydrogen-bond donors (Lipinski definition) is 0. The van der Waals surface area contributed by atoms with E-state index < -0.39 is 15.9 Å². The van der Waals surface area contributed by atoms with Crippen LogP contribution in [0.2, 0.25) is 0 Å². The third-order valence-electron chi connectivity index (χ3n) is 6.97. The summed E-state index contributed by atoms with van der Waals surface area (Å²) < 4.78 is 40.0. The van der Waals surface area contributed by atoms with Crippen molar-refractivity contribution >= 4 is 27.2 Å². The molecule has 0 N–H and O–H groups in total. The van der Waals surface area contributed by atoms with Gasteiger partial charge in [0.05, 0.1) is 42.0 Å². The van der Waals surface area contributed by atoms with Crippen LogP contribution in [-0.2, 0) is 21.4 Å². The van der Waals surface area contributed by atoms with Crippen molar-refractivity contribution in [2.45, 2.75) is 30.3 Å². The van der Waals surface area contributed by atoms with Gasteiger partial charge in [-0.15, -0.1) is 0 Å². The molecule has 1 atom stereocenters. The van der Waals surface area contributed by atoms with Crippen molar-refractivity contribution in [3.63, 3.8) is 0 Å².